The van der Waals surface area contributed by atoms with E-state index in [1.54, 1.807) is 12.1 Å². The summed E-state index contributed by atoms with van der Waals surface area (Å²) in [6, 6.07) is 4.33. The van der Waals surface area contributed by atoms with Gasteiger partial charge in [0.05, 0.1) is 0 Å². The quantitative estimate of drug-likeness (QED) is 0.718. The van der Waals surface area contributed by atoms with Crippen LogP contribution in [0.5, 0.6) is 0 Å². The molecule has 0 bridgehead atoms. The summed E-state index contributed by atoms with van der Waals surface area (Å²) in [6.45, 7) is 1.94. The molecule has 0 heterocycles. The Kier molecular flexibility index (Phi) is 4.50. The number of hydrogen-bond donors (Lipinski definition) is 0. The van der Waals surface area contributed by atoms with Crippen LogP contribution in [0.2, 0.25) is 5.02 Å². The largest absolute Gasteiger partial charge is 0.294 e. The molecule has 0 aliphatic rings. The Balaban J connectivity index is 2.72. The standard InChI is InChI=1S/C12H12ClFO/c1-2-3-4-11(15)7-9-5-6-10(13)8-12(9)14/h3-6,8H,2,7H2,1H3/b4-3+. The minimum absolute atomic E-state index is 0.0828. The highest BCUT2D eigenvalue weighted by Crippen LogP contribution is 2.15. The maximum absolute atomic E-state index is 13.3. The van der Waals surface area contributed by atoms with E-state index < -0.39 is 5.82 Å². The molecule has 0 fully saturated rings. The molecule has 1 rings (SSSR count). The van der Waals surface area contributed by atoms with E-state index in [1.807, 2.05) is 6.92 Å². The van der Waals surface area contributed by atoms with Crippen molar-refractivity contribution >= 4 is 17.4 Å². The highest BCUT2D eigenvalue weighted by Gasteiger charge is 2.06. The van der Waals surface area contributed by atoms with Crippen LogP contribution in [0.25, 0.3) is 0 Å². The van der Waals surface area contributed by atoms with Crippen molar-refractivity contribution in [3.05, 3.63) is 46.8 Å². The molecule has 0 aliphatic carbocycles. The van der Waals surface area contributed by atoms with Crippen LogP contribution in [-0.2, 0) is 11.2 Å². The van der Waals surface area contributed by atoms with Crippen molar-refractivity contribution in [3.63, 3.8) is 0 Å². The van der Waals surface area contributed by atoms with E-state index in [2.05, 4.69) is 0 Å². The molecule has 15 heavy (non-hydrogen) atoms. The third-order valence-corrected chi connectivity index (χ3v) is 2.15. The van der Waals surface area contributed by atoms with Crippen LogP contribution in [0.4, 0.5) is 4.39 Å². The summed E-state index contributed by atoms with van der Waals surface area (Å²) in [5, 5.41) is 0.341. The highest BCUT2D eigenvalue weighted by molar-refractivity contribution is 6.30. The van der Waals surface area contributed by atoms with E-state index in [0.29, 0.717) is 10.6 Å². The first-order valence-corrected chi connectivity index (χ1v) is 5.14. The lowest BCUT2D eigenvalue weighted by Crippen LogP contribution is -2.00. The number of benzene rings is 1. The number of allylic oxidation sites excluding steroid dienone is 2. The Labute approximate surface area is 93.6 Å². The van der Waals surface area contributed by atoms with Crippen molar-refractivity contribution in [2.45, 2.75) is 19.8 Å². The Morgan fingerprint density at radius 2 is 2.27 bits per heavy atom. The van der Waals surface area contributed by atoms with Crippen molar-refractivity contribution < 1.29 is 9.18 Å². The van der Waals surface area contributed by atoms with E-state index >= 15 is 0 Å². The summed E-state index contributed by atoms with van der Waals surface area (Å²) in [7, 11) is 0. The summed E-state index contributed by atoms with van der Waals surface area (Å²) in [4.78, 5) is 11.3. The first-order valence-electron chi connectivity index (χ1n) is 4.76. The van der Waals surface area contributed by atoms with Crippen molar-refractivity contribution in [1.82, 2.24) is 0 Å². The zero-order valence-electron chi connectivity index (χ0n) is 8.47. The molecule has 1 aromatic rings. The van der Waals surface area contributed by atoms with Crippen molar-refractivity contribution in [1.29, 1.82) is 0 Å². The fourth-order valence-corrected chi connectivity index (χ4v) is 1.32. The second-order valence-corrected chi connectivity index (χ2v) is 3.63. The maximum Gasteiger partial charge on any atom is 0.159 e. The van der Waals surface area contributed by atoms with Crippen molar-refractivity contribution in [3.8, 4) is 0 Å². The van der Waals surface area contributed by atoms with E-state index in [4.69, 9.17) is 11.6 Å². The molecule has 0 spiro atoms. The minimum Gasteiger partial charge on any atom is -0.294 e. The lowest BCUT2D eigenvalue weighted by molar-refractivity contribution is -0.114. The SMILES string of the molecule is CC/C=C/C(=O)Cc1ccc(Cl)cc1F. The number of hydrogen-bond acceptors (Lipinski definition) is 1. The molecule has 1 nitrogen and oxygen atoms in total. The van der Waals surface area contributed by atoms with Crippen LogP contribution in [0, 0.1) is 5.82 Å². The molecule has 0 amide bonds. The average Bonchev–Trinajstić information content (AvgIpc) is 2.19. The Hall–Kier alpha value is -1.15. The van der Waals surface area contributed by atoms with E-state index in [9.17, 15) is 9.18 Å². The molecule has 0 atom stereocenters. The van der Waals surface area contributed by atoms with E-state index in [0.717, 1.165) is 6.42 Å². The average molecular weight is 227 g/mol. The number of carbonyl (C=O) groups is 1. The van der Waals surface area contributed by atoms with Gasteiger partial charge in [-0.3, -0.25) is 4.79 Å². The molecule has 3 heteroatoms. The lowest BCUT2D eigenvalue weighted by Gasteiger charge is -2.00. The molecule has 0 aliphatic heterocycles. The zero-order valence-corrected chi connectivity index (χ0v) is 9.22. The van der Waals surface area contributed by atoms with E-state index in [-0.39, 0.29) is 12.2 Å². The molecule has 0 saturated heterocycles. The fraction of sp³-hybridized carbons (Fsp3) is 0.250. The first-order chi connectivity index (χ1) is 7.13. The minimum atomic E-state index is -0.430. The van der Waals surface area contributed by atoms with Crippen molar-refractivity contribution in [2.24, 2.45) is 0 Å². The molecule has 0 radical (unpaired) electrons. The molecule has 1 aromatic carbocycles. The van der Waals surface area contributed by atoms with Crippen LogP contribution >= 0.6 is 11.6 Å². The number of halogens is 2. The van der Waals surface area contributed by atoms with E-state index in [1.165, 1.54) is 18.2 Å². The Bertz CT molecular complexity index is 385. The van der Waals surface area contributed by atoms with Gasteiger partial charge in [-0.25, -0.2) is 4.39 Å². The van der Waals surface area contributed by atoms with Gasteiger partial charge in [-0.2, -0.15) is 0 Å². The monoisotopic (exact) mass is 226 g/mol. The summed E-state index contributed by atoms with van der Waals surface area (Å²) >= 11 is 5.60. The van der Waals surface area contributed by atoms with Gasteiger partial charge >= 0.3 is 0 Å². The van der Waals surface area contributed by atoms with Gasteiger partial charge in [-0.1, -0.05) is 30.7 Å². The molecular formula is C12H12ClFO. The first kappa shape index (κ1) is 11.9. The zero-order chi connectivity index (χ0) is 11.3. The normalized spacial score (nSPS) is 10.9. The predicted octanol–water partition coefficient (Wildman–Crippen LogP) is 3.56. The Morgan fingerprint density at radius 1 is 1.53 bits per heavy atom. The smallest absolute Gasteiger partial charge is 0.159 e. The van der Waals surface area contributed by atoms with Gasteiger partial charge in [-0.05, 0) is 30.2 Å². The number of carbonyl (C=O) groups excluding carboxylic acids is 1. The van der Waals surface area contributed by atoms with Crippen LogP contribution in [-0.4, -0.2) is 5.78 Å². The molecule has 0 saturated carbocycles. The number of rotatable bonds is 4. The molecule has 0 N–H and O–H groups in total. The van der Waals surface area contributed by atoms with Crippen LogP contribution < -0.4 is 0 Å². The van der Waals surface area contributed by atoms with Crippen LogP contribution in [0.1, 0.15) is 18.9 Å². The predicted molar refractivity (Wildman–Crippen MR) is 59.6 cm³/mol. The van der Waals surface area contributed by atoms with Gasteiger partial charge in [0, 0.05) is 11.4 Å². The molecule has 0 unspecified atom stereocenters. The second-order valence-electron chi connectivity index (χ2n) is 3.19. The van der Waals surface area contributed by atoms with Gasteiger partial charge in [-0.15, -0.1) is 0 Å². The molecule has 80 valence electrons. The van der Waals surface area contributed by atoms with Gasteiger partial charge in [0.2, 0.25) is 0 Å². The maximum atomic E-state index is 13.3. The fourth-order valence-electron chi connectivity index (χ4n) is 1.16. The molecule has 0 aromatic heterocycles. The topological polar surface area (TPSA) is 17.1 Å². The second kappa shape index (κ2) is 5.66. The summed E-state index contributed by atoms with van der Waals surface area (Å²) < 4.78 is 13.3. The Morgan fingerprint density at radius 3 is 2.87 bits per heavy atom. The van der Waals surface area contributed by atoms with Gasteiger partial charge < -0.3 is 0 Å². The summed E-state index contributed by atoms with van der Waals surface area (Å²) in [6.07, 6.45) is 4.12. The van der Waals surface area contributed by atoms with Crippen molar-refractivity contribution in [2.75, 3.05) is 0 Å². The highest BCUT2D eigenvalue weighted by atomic mass is 35.5. The van der Waals surface area contributed by atoms with Gasteiger partial charge in [0.15, 0.2) is 5.78 Å². The third-order valence-electron chi connectivity index (χ3n) is 1.92. The summed E-state index contributed by atoms with van der Waals surface area (Å²) in [5.41, 5.74) is 0.380. The lowest BCUT2D eigenvalue weighted by atomic mass is 10.1. The van der Waals surface area contributed by atoms with Gasteiger partial charge in [0.1, 0.15) is 5.82 Å². The summed E-state index contributed by atoms with van der Waals surface area (Å²) in [5.74, 6) is -0.529. The van der Waals surface area contributed by atoms with Crippen LogP contribution in [0.15, 0.2) is 30.4 Å². The van der Waals surface area contributed by atoms with Crippen LogP contribution in [0.3, 0.4) is 0 Å². The third kappa shape index (κ3) is 3.84. The molecular weight excluding hydrogens is 215 g/mol. The number of ketones is 1. The van der Waals surface area contributed by atoms with Gasteiger partial charge in [0.25, 0.3) is 0 Å².